The van der Waals surface area contributed by atoms with Crippen LogP contribution in [0.15, 0.2) is 0 Å². The first-order valence-electron chi connectivity index (χ1n) is 5.29. The molecule has 0 rings (SSSR count). The second kappa shape index (κ2) is 7.07. The standard InChI is InChI=1S/C11H23NO/c1-9(2)5-4-6-11(13)8-7-10(3)12/h9-10H,4-8,12H2,1-3H3. The minimum Gasteiger partial charge on any atom is -0.328 e. The van der Waals surface area contributed by atoms with Gasteiger partial charge in [0.1, 0.15) is 5.78 Å². The maximum Gasteiger partial charge on any atom is 0.132 e. The van der Waals surface area contributed by atoms with Gasteiger partial charge in [-0.15, -0.1) is 0 Å². The van der Waals surface area contributed by atoms with Crippen LogP contribution in [0.5, 0.6) is 0 Å². The van der Waals surface area contributed by atoms with E-state index < -0.39 is 0 Å². The van der Waals surface area contributed by atoms with Crippen molar-refractivity contribution in [1.29, 1.82) is 0 Å². The van der Waals surface area contributed by atoms with Crippen LogP contribution in [0.1, 0.15) is 52.9 Å². The fourth-order valence-corrected chi connectivity index (χ4v) is 1.22. The molecule has 0 bridgehead atoms. The van der Waals surface area contributed by atoms with Gasteiger partial charge in [0.2, 0.25) is 0 Å². The van der Waals surface area contributed by atoms with Crippen molar-refractivity contribution in [2.24, 2.45) is 11.7 Å². The molecule has 2 heteroatoms. The molecule has 1 atom stereocenters. The Bertz CT molecular complexity index is 141. The summed E-state index contributed by atoms with van der Waals surface area (Å²) >= 11 is 0. The summed E-state index contributed by atoms with van der Waals surface area (Å²) in [6.07, 6.45) is 4.43. The third kappa shape index (κ3) is 9.54. The summed E-state index contributed by atoms with van der Waals surface area (Å²) in [6, 6.07) is 0.161. The average Bonchev–Trinajstić information content (AvgIpc) is 2.00. The summed E-state index contributed by atoms with van der Waals surface area (Å²) in [7, 11) is 0. The van der Waals surface area contributed by atoms with Crippen molar-refractivity contribution in [2.45, 2.75) is 58.9 Å². The fraction of sp³-hybridized carbons (Fsp3) is 0.909. The van der Waals surface area contributed by atoms with Crippen molar-refractivity contribution in [1.82, 2.24) is 0 Å². The molecule has 0 radical (unpaired) electrons. The molecule has 0 aromatic heterocycles. The maximum atomic E-state index is 11.3. The van der Waals surface area contributed by atoms with Gasteiger partial charge in [-0.2, -0.15) is 0 Å². The predicted octanol–water partition coefficient (Wildman–Crippen LogP) is 2.51. The van der Waals surface area contributed by atoms with Crippen molar-refractivity contribution in [2.75, 3.05) is 0 Å². The van der Waals surface area contributed by atoms with Gasteiger partial charge >= 0.3 is 0 Å². The van der Waals surface area contributed by atoms with E-state index in [0.717, 1.165) is 25.7 Å². The van der Waals surface area contributed by atoms with Crippen LogP contribution in [0.25, 0.3) is 0 Å². The lowest BCUT2D eigenvalue weighted by molar-refractivity contribution is -0.119. The quantitative estimate of drug-likeness (QED) is 0.662. The van der Waals surface area contributed by atoms with E-state index in [1.807, 2.05) is 6.92 Å². The summed E-state index contributed by atoms with van der Waals surface area (Å²) in [5, 5.41) is 0. The van der Waals surface area contributed by atoms with Gasteiger partial charge in [-0.05, 0) is 25.7 Å². The number of carbonyl (C=O) groups is 1. The van der Waals surface area contributed by atoms with Gasteiger partial charge in [-0.3, -0.25) is 4.79 Å². The van der Waals surface area contributed by atoms with Crippen LogP contribution in [-0.2, 0) is 4.79 Å². The normalized spacial score (nSPS) is 13.3. The molecule has 0 saturated heterocycles. The molecule has 0 amide bonds. The summed E-state index contributed by atoms with van der Waals surface area (Å²) in [6.45, 7) is 6.32. The number of hydrogen-bond donors (Lipinski definition) is 1. The number of nitrogens with two attached hydrogens (primary N) is 1. The molecular formula is C11H23NO. The van der Waals surface area contributed by atoms with Gasteiger partial charge in [-0.25, -0.2) is 0 Å². The minimum absolute atomic E-state index is 0.161. The molecule has 13 heavy (non-hydrogen) atoms. The lowest BCUT2D eigenvalue weighted by Crippen LogP contribution is -2.16. The van der Waals surface area contributed by atoms with Crippen LogP contribution in [-0.4, -0.2) is 11.8 Å². The van der Waals surface area contributed by atoms with Gasteiger partial charge in [0, 0.05) is 18.9 Å². The van der Waals surface area contributed by atoms with Gasteiger partial charge in [0.25, 0.3) is 0 Å². The molecule has 0 fully saturated rings. The Morgan fingerprint density at radius 1 is 1.15 bits per heavy atom. The zero-order valence-electron chi connectivity index (χ0n) is 9.18. The molecule has 0 spiro atoms. The molecule has 2 N–H and O–H groups in total. The van der Waals surface area contributed by atoms with Crippen LogP contribution < -0.4 is 5.73 Å². The van der Waals surface area contributed by atoms with E-state index in [0.29, 0.717) is 18.1 Å². The fourth-order valence-electron chi connectivity index (χ4n) is 1.22. The highest BCUT2D eigenvalue weighted by Crippen LogP contribution is 2.08. The number of rotatable bonds is 7. The van der Waals surface area contributed by atoms with Crippen LogP contribution in [0.4, 0.5) is 0 Å². The van der Waals surface area contributed by atoms with Crippen LogP contribution >= 0.6 is 0 Å². The van der Waals surface area contributed by atoms with Crippen LogP contribution in [0.2, 0.25) is 0 Å². The molecule has 78 valence electrons. The van der Waals surface area contributed by atoms with Crippen molar-refractivity contribution < 1.29 is 4.79 Å². The molecule has 0 aliphatic rings. The number of carbonyl (C=O) groups excluding carboxylic acids is 1. The summed E-state index contributed by atoms with van der Waals surface area (Å²) in [5.74, 6) is 1.08. The summed E-state index contributed by atoms with van der Waals surface area (Å²) < 4.78 is 0. The van der Waals surface area contributed by atoms with E-state index in [4.69, 9.17) is 5.73 Å². The predicted molar refractivity (Wildman–Crippen MR) is 56.6 cm³/mol. The first-order valence-corrected chi connectivity index (χ1v) is 5.29. The molecule has 0 aliphatic heterocycles. The zero-order valence-corrected chi connectivity index (χ0v) is 9.18. The maximum absolute atomic E-state index is 11.3. The summed E-state index contributed by atoms with van der Waals surface area (Å²) in [5.41, 5.74) is 5.57. The molecule has 2 nitrogen and oxygen atoms in total. The number of ketones is 1. The Morgan fingerprint density at radius 2 is 1.77 bits per heavy atom. The van der Waals surface area contributed by atoms with E-state index >= 15 is 0 Å². The van der Waals surface area contributed by atoms with Crippen LogP contribution in [0, 0.1) is 5.92 Å². The third-order valence-corrected chi connectivity index (χ3v) is 2.12. The molecule has 1 unspecified atom stereocenters. The minimum atomic E-state index is 0.161. The third-order valence-electron chi connectivity index (χ3n) is 2.12. The van der Waals surface area contributed by atoms with Crippen molar-refractivity contribution in [3.63, 3.8) is 0 Å². The van der Waals surface area contributed by atoms with Crippen LogP contribution in [0.3, 0.4) is 0 Å². The van der Waals surface area contributed by atoms with E-state index in [1.54, 1.807) is 0 Å². The van der Waals surface area contributed by atoms with Crippen molar-refractivity contribution in [3.8, 4) is 0 Å². The van der Waals surface area contributed by atoms with Gasteiger partial charge in [0.05, 0.1) is 0 Å². The molecule has 0 aliphatic carbocycles. The zero-order chi connectivity index (χ0) is 10.3. The van der Waals surface area contributed by atoms with Gasteiger partial charge in [-0.1, -0.05) is 20.3 Å². The first kappa shape index (κ1) is 12.6. The lowest BCUT2D eigenvalue weighted by atomic mass is 10.0. The molecule has 0 aromatic carbocycles. The lowest BCUT2D eigenvalue weighted by Gasteiger charge is -2.05. The van der Waals surface area contributed by atoms with Gasteiger partial charge < -0.3 is 5.73 Å². The highest BCUT2D eigenvalue weighted by Gasteiger charge is 2.04. The Hall–Kier alpha value is -0.370. The smallest absolute Gasteiger partial charge is 0.132 e. The van der Waals surface area contributed by atoms with Crippen molar-refractivity contribution in [3.05, 3.63) is 0 Å². The SMILES string of the molecule is CC(C)CCCC(=O)CCC(C)N. The Kier molecular flexibility index (Phi) is 6.87. The van der Waals surface area contributed by atoms with Gasteiger partial charge in [0.15, 0.2) is 0 Å². The largest absolute Gasteiger partial charge is 0.328 e. The second-order valence-corrected chi connectivity index (χ2v) is 4.34. The second-order valence-electron chi connectivity index (χ2n) is 4.34. The highest BCUT2D eigenvalue weighted by molar-refractivity contribution is 5.78. The number of hydrogen-bond acceptors (Lipinski definition) is 2. The topological polar surface area (TPSA) is 43.1 Å². The Morgan fingerprint density at radius 3 is 2.23 bits per heavy atom. The monoisotopic (exact) mass is 185 g/mol. The average molecular weight is 185 g/mol. The van der Waals surface area contributed by atoms with E-state index in [2.05, 4.69) is 13.8 Å². The molecule has 0 saturated carbocycles. The number of Topliss-reactive ketones (excluding diaryl/α,β-unsaturated/α-hetero) is 1. The molecule has 0 heterocycles. The van der Waals surface area contributed by atoms with Crippen molar-refractivity contribution >= 4 is 5.78 Å². The molecule has 0 aromatic rings. The van der Waals surface area contributed by atoms with E-state index in [9.17, 15) is 4.79 Å². The highest BCUT2D eigenvalue weighted by atomic mass is 16.1. The first-order chi connectivity index (χ1) is 6.02. The summed E-state index contributed by atoms with van der Waals surface area (Å²) in [4.78, 5) is 11.3. The Labute approximate surface area is 81.9 Å². The van der Waals surface area contributed by atoms with E-state index in [1.165, 1.54) is 0 Å². The van der Waals surface area contributed by atoms with E-state index in [-0.39, 0.29) is 6.04 Å². The Balaban J connectivity index is 3.30. The molecular weight excluding hydrogens is 162 g/mol.